The Balaban J connectivity index is 1.84. The van der Waals surface area contributed by atoms with Gasteiger partial charge in [-0.05, 0) is 24.3 Å². The fourth-order valence-electron chi connectivity index (χ4n) is 1.29. The van der Waals surface area contributed by atoms with Gasteiger partial charge in [0, 0.05) is 4.90 Å². The number of hydrogen-bond donors (Lipinski definition) is 1. The number of aryl methyl sites for hydroxylation is 2. The molecule has 0 radical (unpaired) electrons. The lowest BCUT2D eigenvalue weighted by Crippen LogP contribution is -2.36. The number of nitrogens with zero attached hydrogens (tertiary/aromatic N) is 1. The quantitative estimate of drug-likeness (QED) is 0.645. The largest absolute Gasteiger partial charge is 0.426 e. The molecule has 0 unspecified atom stereocenters. The molecule has 0 fully saturated rings. The van der Waals surface area contributed by atoms with Crippen LogP contribution in [0.5, 0.6) is 0 Å². The maximum absolute atomic E-state index is 10.7. The van der Waals surface area contributed by atoms with Gasteiger partial charge in [-0.3, -0.25) is 4.52 Å². The van der Waals surface area contributed by atoms with Crippen molar-refractivity contribution in [1.82, 2.24) is 5.27 Å². The number of aromatic nitrogens is 2. The first kappa shape index (κ1) is 11.0. The van der Waals surface area contributed by atoms with Crippen molar-refractivity contribution < 1.29 is 9.20 Å². The molecule has 84 valence electrons. The number of hydrogen-bond acceptors (Lipinski definition) is 3. The van der Waals surface area contributed by atoms with Crippen LogP contribution in [-0.2, 0) is 6.54 Å². The zero-order valence-corrected chi connectivity index (χ0v) is 9.79. The lowest BCUT2D eigenvalue weighted by molar-refractivity contribution is -0.758. The number of benzene rings is 1. The molecule has 0 aliphatic heterocycles. The highest BCUT2D eigenvalue weighted by atomic mass is 32.2. The molecule has 0 saturated carbocycles. The molecular weight excluding hydrogens is 224 g/mol. The zero-order chi connectivity index (χ0) is 11.4. The molecular formula is C11H13N2O2S+. The fraction of sp³-hybridized carbons (Fsp3) is 0.273. The highest BCUT2D eigenvalue weighted by molar-refractivity contribution is 7.99. The molecule has 1 heterocycles. The van der Waals surface area contributed by atoms with Crippen LogP contribution in [0.3, 0.4) is 0 Å². The summed E-state index contributed by atoms with van der Waals surface area (Å²) in [6, 6.07) is 8.38. The van der Waals surface area contributed by atoms with Crippen molar-refractivity contribution in [2.45, 2.75) is 18.4 Å². The minimum absolute atomic E-state index is 0.347. The second-order valence-corrected chi connectivity index (χ2v) is 4.66. The van der Waals surface area contributed by atoms with Crippen LogP contribution in [0.4, 0.5) is 0 Å². The smallest absolute Gasteiger partial charge is 0.284 e. The standard InChI is InChI=1S/C11H12N2O2S/c1-9-2-4-10(5-3-9)16-7-6-13-8-11(14)15-12-13/h2-5,8H,6-7H2,1H3/p+1. The van der Waals surface area contributed by atoms with E-state index in [1.807, 2.05) is 0 Å². The van der Waals surface area contributed by atoms with Gasteiger partial charge >= 0.3 is 5.63 Å². The maximum atomic E-state index is 10.7. The molecule has 16 heavy (non-hydrogen) atoms. The van der Waals surface area contributed by atoms with Crippen molar-refractivity contribution in [2.75, 3.05) is 5.75 Å². The number of nitrogens with one attached hydrogen (secondary N) is 1. The molecule has 0 amide bonds. The number of H-pyrrole nitrogens is 1. The highest BCUT2D eigenvalue weighted by Crippen LogP contribution is 2.17. The lowest BCUT2D eigenvalue weighted by atomic mass is 10.2. The predicted molar refractivity (Wildman–Crippen MR) is 61.4 cm³/mol. The van der Waals surface area contributed by atoms with Crippen molar-refractivity contribution >= 4 is 11.8 Å². The molecule has 0 bridgehead atoms. The van der Waals surface area contributed by atoms with Crippen LogP contribution >= 0.6 is 11.8 Å². The van der Waals surface area contributed by atoms with E-state index in [0.717, 1.165) is 12.3 Å². The van der Waals surface area contributed by atoms with Crippen molar-refractivity contribution in [3.63, 3.8) is 0 Å². The Morgan fingerprint density at radius 1 is 1.38 bits per heavy atom. The van der Waals surface area contributed by atoms with Crippen LogP contribution in [0.25, 0.3) is 0 Å². The van der Waals surface area contributed by atoms with Crippen LogP contribution in [-0.4, -0.2) is 11.0 Å². The number of thioether (sulfide) groups is 1. The summed E-state index contributed by atoms with van der Waals surface area (Å²) in [5.41, 5.74) is 0.915. The minimum atomic E-state index is -0.347. The second-order valence-electron chi connectivity index (χ2n) is 3.50. The summed E-state index contributed by atoms with van der Waals surface area (Å²) < 4.78 is 6.20. The molecule has 1 aromatic heterocycles. The molecule has 0 aliphatic rings. The summed E-state index contributed by atoms with van der Waals surface area (Å²) in [5, 5.41) is 2.52. The average Bonchev–Trinajstić information content (AvgIpc) is 2.67. The van der Waals surface area contributed by atoms with E-state index in [1.54, 1.807) is 16.4 Å². The average molecular weight is 237 g/mol. The molecule has 5 heteroatoms. The number of aromatic amines is 1. The van der Waals surface area contributed by atoms with Gasteiger partial charge in [-0.15, -0.1) is 11.8 Å². The van der Waals surface area contributed by atoms with Crippen LogP contribution < -0.4 is 10.3 Å². The van der Waals surface area contributed by atoms with E-state index in [0.29, 0.717) is 0 Å². The van der Waals surface area contributed by atoms with Crippen LogP contribution in [0, 0.1) is 6.92 Å². The molecule has 0 saturated heterocycles. The molecule has 1 N–H and O–H groups in total. The lowest BCUT2D eigenvalue weighted by Gasteiger charge is -1.98. The van der Waals surface area contributed by atoms with Crippen molar-refractivity contribution in [3.05, 3.63) is 46.4 Å². The summed E-state index contributed by atoms with van der Waals surface area (Å²) >= 11 is 1.75. The van der Waals surface area contributed by atoms with Crippen molar-refractivity contribution in [1.29, 1.82) is 0 Å². The SMILES string of the molecule is Cc1ccc(SCC[n+]2cc(=O)o[nH]2)cc1. The second kappa shape index (κ2) is 5.03. The normalized spacial score (nSPS) is 10.6. The molecule has 4 nitrogen and oxygen atoms in total. The third-order valence-electron chi connectivity index (χ3n) is 2.15. The van der Waals surface area contributed by atoms with Gasteiger partial charge in [-0.1, -0.05) is 22.4 Å². The van der Waals surface area contributed by atoms with Gasteiger partial charge in [0.2, 0.25) is 0 Å². The van der Waals surface area contributed by atoms with E-state index in [9.17, 15) is 4.79 Å². The number of rotatable bonds is 4. The van der Waals surface area contributed by atoms with E-state index in [4.69, 9.17) is 0 Å². The van der Waals surface area contributed by atoms with E-state index in [2.05, 4.69) is 41.0 Å². The Morgan fingerprint density at radius 3 is 2.75 bits per heavy atom. The summed E-state index contributed by atoms with van der Waals surface area (Å²) in [6.45, 7) is 2.80. The van der Waals surface area contributed by atoms with Gasteiger partial charge in [0.05, 0.1) is 5.75 Å². The van der Waals surface area contributed by atoms with Gasteiger partial charge in [0.1, 0.15) is 0 Å². The van der Waals surface area contributed by atoms with E-state index >= 15 is 0 Å². The highest BCUT2D eigenvalue weighted by Gasteiger charge is 2.05. The Hall–Kier alpha value is -1.49. The van der Waals surface area contributed by atoms with Gasteiger partial charge in [-0.25, -0.2) is 4.79 Å². The first-order chi connectivity index (χ1) is 7.74. The Labute approximate surface area is 97.2 Å². The van der Waals surface area contributed by atoms with E-state index in [-0.39, 0.29) is 5.63 Å². The third kappa shape index (κ3) is 3.00. The molecule has 2 rings (SSSR count). The first-order valence-electron chi connectivity index (χ1n) is 5.01. The molecule has 0 atom stereocenters. The monoisotopic (exact) mass is 237 g/mol. The van der Waals surface area contributed by atoms with Gasteiger partial charge in [0.25, 0.3) is 6.20 Å². The van der Waals surface area contributed by atoms with E-state index < -0.39 is 0 Å². The predicted octanol–water partition coefficient (Wildman–Crippen LogP) is 1.36. The Morgan fingerprint density at radius 2 is 2.12 bits per heavy atom. The summed E-state index contributed by atoms with van der Waals surface area (Å²) in [4.78, 5) is 12.0. The maximum Gasteiger partial charge on any atom is 0.426 e. The first-order valence-corrected chi connectivity index (χ1v) is 6.00. The minimum Gasteiger partial charge on any atom is -0.284 e. The van der Waals surface area contributed by atoms with E-state index in [1.165, 1.54) is 16.7 Å². The summed E-state index contributed by atoms with van der Waals surface area (Å²) in [6.07, 6.45) is 1.41. The molecule has 2 aromatic rings. The van der Waals surface area contributed by atoms with Crippen LogP contribution in [0.1, 0.15) is 5.56 Å². The third-order valence-corrected chi connectivity index (χ3v) is 3.14. The van der Waals surface area contributed by atoms with Gasteiger partial charge in [-0.2, -0.15) is 0 Å². The van der Waals surface area contributed by atoms with Crippen LogP contribution in [0.15, 0.2) is 44.7 Å². The zero-order valence-electron chi connectivity index (χ0n) is 8.97. The van der Waals surface area contributed by atoms with Crippen molar-refractivity contribution in [2.24, 2.45) is 0 Å². The Bertz CT molecular complexity index is 501. The topological polar surface area (TPSA) is 49.9 Å². The molecule has 0 spiro atoms. The summed E-state index contributed by atoms with van der Waals surface area (Å²) in [5.74, 6) is 0.892. The molecule has 1 aromatic carbocycles. The van der Waals surface area contributed by atoms with Gasteiger partial charge < -0.3 is 0 Å². The van der Waals surface area contributed by atoms with Crippen molar-refractivity contribution in [3.8, 4) is 0 Å². The Kier molecular flexibility index (Phi) is 3.46. The molecule has 0 aliphatic carbocycles. The fourth-order valence-corrected chi connectivity index (χ4v) is 2.14. The summed E-state index contributed by atoms with van der Waals surface area (Å²) in [7, 11) is 0. The van der Waals surface area contributed by atoms with Crippen LogP contribution in [0.2, 0.25) is 0 Å². The van der Waals surface area contributed by atoms with Gasteiger partial charge in [0.15, 0.2) is 6.54 Å².